The van der Waals surface area contributed by atoms with E-state index in [-0.39, 0.29) is 12.4 Å². The molecule has 0 saturated heterocycles. The second-order valence-electron chi connectivity index (χ2n) is 8.25. The highest BCUT2D eigenvalue weighted by atomic mass is 35.5. The lowest BCUT2D eigenvalue weighted by atomic mass is 10.0. The van der Waals surface area contributed by atoms with Crippen LogP contribution in [0.3, 0.4) is 0 Å². The topological polar surface area (TPSA) is 68.3 Å². The number of hydrogen-bond acceptors (Lipinski definition) is 6. The third-order valence-electron chi connectivity index (χ3n) is 5.68. The van der Waals surface area contributed by atoms with Gasteiger partial charge in [0.25, 0.3) is 0 Å². The van der Waals surface area contributed by atoms with Crippen molar-refractivity contribution in [1.82, 2.24) is 9.88 Å². The first-order valence-corrected chi connectivity index (χ1v) is 10.7. The van der Waals surface area contributed by atoms with Crippen LogP contribution in [0.4, 0.5) is 0 Å². The first-order chi connectivity index (χ1) is 15.5. The maximum atomic E-state index is 5.97. The van der Waals surface area contributed by atoms with Gasteiger partial charge in [-0.3, -0.25) is 0 Å². The molecule has 0 radical (unpaired) electrons. The summed E-state index contributed by atoms with van der Waals surface area (Å²) in [6.45, 7) is 3.77. The second kappa shape index (κ2) is 9.36. The van der Waals surface area contributed by atoms with E-state index in [0.29, 0.717) is 24.7 Å². The number of terminal acetylenes is 1. The van der Waals surface area contributed by atoms with Crippen molar-refractivity contribution < 1.29 is 19.3 Å². The van der Waals surface area contributed by atoms with Gasteiger partial charge in [0.15, 0.2) is 11.9 Å². The highest BCUT2D eigenvalue weighted by Gasteiger charge is 2.32. The Morgan fingerprint density at radius 1 is 1.24 bits per heavy atom. The van der Waals surface area contributed by atoms with Crippen LogP contribution in [0.1, 0.15) is 23.6 Å². The van der Waals surface area contributed by atoms with E-state index in [9.17, 15) is 0 Å². The molecule has 2 aromatic carbocycles. The van der Waals surface area contributed by atoms with E-state index >= 15 is 0 Å². The Bertz CT molecular complexity index is 1260. The van der Waals surface area contributed by atoms with E-state index < -0.39 is 6.10 Å². The minimum Gasteiger partial charge on any atom is -0.492 e. The smallest absolute Gasteiger partial charge is 0.184 e. The average molecular weight is 468 g/mol. The molecule has 1 N–H and O–H groups in total. The van der Waals surface area contributed by atoms with Crippen LogP contribution < -0.4 is 9.62 Å². The van der Waals surface area contributed by atoms with Gasteiger partial charge >= 0.3 is 0 Å². The predicted octanol–water partition coefficient (Wildman–Crippen LogP) is 4.17. The first-order valence-electron chi connectivity index (χ1n) is 10.7. The van der Waals surface area contributed by atoms with Crippen molar-refractivity contribution in [2.75, 3.05) is 33.9 Å². The number of rotatable bonds is 6. The van der Waals surface area contributed by atoms with Crippen LogP contribution in [0.25, 0.3) is 22.2 Å². The molecule has 1 aromatic heterocycles. The Morgan fingerprint density at radius 3 is 2.88 bits per heavy atom. The maximum absolute atomic E-state index is 5.97. The average Bonchev–Trinajstić information content (AvgIpc) is 3.30. The van der Waals surface area contributed by atoms with Crippen LogP contribution in [0, 0.1) is 12.3 Å². The number of nitrogens with zero attached hydrogens (tertiary/aromatic N) is 2. The third kappa shape index (κ3) is 4.25. The normalized spacial score (nSPS) is 15.8. The fraction of sp³-hybridized carbons (Fsp3) is 0.320. The Labute approximate surface area is 199 Å². The molecular weight excluding hydrogens is 442 g/mol. The van der Waals surface area contributed by atoms with E-state index in [4.69, 9.17) is 25.8 Å². The van der Waals surface area contributed by atoms with Crippen molar-refractivity contribution in [3.05, 3.63) is 47.0 Å². The summed E-state index contributed by atoms with van der Waals surface area (Å²) < 4.78 is 5.97. The molecule has 8 heteroatoms. The Morgan fingerprint density at radius 2 is 2.09 bits per heavy atom. The lowest BCUT2D eigenvalue weighted by molar-refractivity contribution is -0.215. The first kappa shape index (κ1) is 23.0. The number of ether oxygens (including phenoxy) is 1. The quantitative estimate of drug-likeness (QED) is 0.262. The fourth-order valence-electron chi connectivity index (χ4n) is 4.00. The molecule has 2 heterocycles. The van der Waals surface area contributed by atoms with Crippen LogP contribution in [0.2, 0.25) is 0 Å². The van der Waals surface area contributed by atoms with Crippen molar-refractivity contribution in [2.24, 2.45) is 5.16 Å². The molecule has 0 fully saturated rings. The van der Waals surface area contributed by atoms with Gasteiger partial charge in [-0.05, 0) is 51.4 Å². The number of H-pyrrole nitrogens is 1. The number of likely N-dealkylation sites (N-methyl/N-ethyl adjacent to an activating group) is 1. The number of fused-ring (bicyclic) bond motifs is 6. The zero-order valence-corrected chi connectivity index (χ0v) is 19.6. The van der Waals surface area contributed by atoms with Crippen LogP contribution in [0.15, 0.2) is 35.5 Å². The van der Waals surface area contributed by atoms with Crippen LogP contribution in [0.5, 0.6) is 11.5 Å². The van der Waals surface area contributed by atoms with E-state index in [2.05, 4.69) is 27.0 Å². The number of aromatic nitrogens is 1. The molecule has 0 amide bonds. The van der Waals surface area contributed by atoms with Gasteiger partial charge < -0.3 is 24.3 Å². The van der Waals surface area contributed by atoms with Gasteiger partial charge in [0.1, 0.15) is 18.1 Å². The standard InChI is InChI=1S/C25H25N3O4.ClH/c1-5-15(2)31-27-25-19-14-22-16(8-10-30-32-22)12-18(19)24-23(25)20-13-17(6-7-21(20)26-24)29-11-9-28(3)4;/h1,6-7,12-15,26H,8-11H2,2-4H3;1H/b27-25-;. The minimum absolute atomic E-state index is 0. The van der Waals surface area contributed by atoms with Crippen LogP contribution in [-0.2, 0) is 16.1 Å². The predicted molar refractivity (Wildman–Crippen MR) is 130 cm³/mol. The molecule has 172 valence electrons. The van der Waals surface area contributed by atoms with Crippen LogP contribution >= 0.6 is 12.4 Å². The highest BCUT2D eigenvalue weighted by Crippen LogP contribution is 2.44. The monoisotopic (exact) mass is 467 g/mol. The molecule has 5 rings (SSSR count). The summed E-state index contributed by atoms with van der Waals surface area (Å²) in [6.07, 6.45) is 5.84. The summed E-state index contributed by atoms with van der Waals surface area (Å²) in [7, 11) is 4.05. The molecule has 1 atom stereocenters. The summed E-state index contributed by atoms with van der Waals surface area (Å²) in [6, 6.07) is 10.2. The highest BCUT2D eigenvalue weighted by molar-refractivity contribution is 6.30. The van der Waals surface area contributed by atoms with Gasteiger partial charge in [0, 0.05) is 46.1 Å². The zero-order valence-electron chi connectivity index (χ0n) is 18.8. The number of hydrogen-bond donors (Lipinski definition) is 1. The summed E-state index contributed by atoms with van der Waals surface area (Å²) >= 11 is 0. The number of nitrogens with one attached hydrogen (secondary N) is 1. The van der Waals surface area contributed by atoms with Crippen molar-refractivity contribution in [2.45, 2.75) is 19.4 Å². The van der Waals surface area contributed by atoms with E-state index in [1.54, 1.807) is 6.92 Å². The molecule has 1 aliphatic carbocycles. The van der Waals surface area contributed by atoms with Gasteiger partial charge in [-0.1, -0.05) is 11.1 Å². The lowest BCUT2D eigenvalue weighted by Gasteiger charge is -2.17. The number of oxime groups is 1. The van der Waals surface area contributed by atoms with Gasteiger partial charge in [-0.15, -0.1) is 18.8 Å². The summed E-state index contributed by atoms with van der Waals surface area (Å²) in [4.78, 5) is 21.9. The molecule has 1 aliphatic heterocycles. The summed E-state index contributed by atoms with van der Waals surface area (Å²) in [5, 5.41) is 5.49. The maximum Gasteiger partial charge on any atom is 0.184 e. The van der Waals surface area contributed by atoms with Crippen molar-refractivity contribution in [1.29, 1.82) is 0 Å². The Hall–Kier alpha value is -3.18. The number of aromatic amines is 1. The summed E-state index contributed by atoms with van der Waals surface area (Å²) in [5.41, 5.74) is 6.78. The van der Waals surface area contributed by atoms with Gasteiger partial charge in [-0.25, -0.2) is 0 Å². The Balaban J connectivity index is 0.00000259. The van der Waals surface area contributed by atoms with Crippen molar-refractivity contribution in [3.8, 4) is 35.1 Å². The Kier molecular flexibility index (Phi) is 6.52. The van der Waals surface area contributed by atoms with E-state index in [0.717, 1.165) is 57.6 Å². The van der Waals surface area contributed by atoms with Crippen molar-refractivity contribution >= 4 is 29.0 Å². The molecule has 0 bridgehead atoms. The molecule has 3 aromatic rings. The van der Waals surface area contributed by atoms with Crippen molar-refractivity contribution in [3.63, 3.8) is 0 Å². The molecule has 0 spiro atoms. The molecule has 7 nitrogen and oxygen atoms in total. The largest absolute Gasteiger partial charge is 0.492 e. The van der Waals surface area contributed by atoms with Gasteiger partial charge in [0.2, 0.25) is 0 Å². The number of benzene rings is 2. The second-order valence-corrected chi connectivity index (χ2v) is 8.25. The lowest BCUT2D eigenvalue weighted by Crippen LogP contribution is -2.19. The third-order valence-corrected chi connectivity index (χ3v) is 5.68. The molecule has 1 unspecified atom stereocenters. The minimum atomic E-state index is -0.442. The molecule has 0 saturated carbocycles. The molecular formula is C25H26ClN3O4. The molecule has 33 heavy (non-hydrogen) atoms. The van der Waals surface area contributed by atoms with Crippen LogP contribution in [-0.4, -0.2) is 55.6 Å². The van der Waals surface area contributed by atoms with Gasteiger partial charge in [0.05, 0.1) is 12.3 Å². The van der Waals surface area contributed by atoms with Gasteiger partial charge in [-0.2, -0.15) is 4.89 Å². The molecule has 2 aliphatic rings. The summed E-state index contributed by atoms with van der Waals surface area (Å²) in [5.74, 6) is 4.07. The number of halogens is 1. The SMILES string of the molecule is C#CC(C)O/N=C1/c2cc3c(cc2-c2[nH]c4ccc(OCCN(C)C)cc4c21)CCOO3.Cl. The van der Waals surface area contributed by atoms with E-state index in [1.807, 2.05) is 38.4 Å². The zero-order chi connectivity index (χ0) is 22.2. The fourth-order valence-corrected chi connectivity index (χ4v) is 4.00. The van der Waals surface area contributed by atoms with E-state index in [1.165, 1.54) is 0 Å².